The molecule has 0 N–H and O–H groups in total. The topological polar surface area (TPSA) is 27.1 Å². The number of hydrogen-bond donors (Lipinski definition) is 0. The largest absolute Gasteiger partial charge is 0.491 e. The summed E-state index contributed by atoms with van der Waals surface area (Å²) < 4.78 is 8.55. The molecule has 0 saturated heterocycles. The lowest BCUT2D eigenvalue weighted by molar-refractivity contribution is 0.296. The minimum Gasteiger partial charge on any atom is -0.491 e. The predicted octanol–water partition coefficient (Wildman–Crippen LogP) is 6.52. The van der Waals surface area contributed by atoms with Gasteiger partial charge in [0.25, 0.3) is 0 Å². The average molecular weight is 385 g/mol. The molecule has 0 aliphatic carbocycles. The first-order chi connectivity index (χ1) is 14.0. The Morgan fingerprint density at radius 2 is 1.69 bits per heavy atom. The van der Waals surface area contributed by atoms with Crippen molar-refractivity contribution in [2.75, 3.05) is 6.61 Å². The van der Waals surface area contributed by atoms with Crippen molar-refractivity contribution in [1.82, 2.24) is 9.55 Å². The second-order valence-electron chi connectivity index (χ2n) is 7.94. The van der Waals surface area contributed by atoms with E-state index in [1.165, 1.54) is 22.3 Å². The lowest BCUT2D eigenvalue weighted by atomic mass is 10.0. The van der Waals surface area contributed by atoms with Gasteiger partial charge in [0, 0.05) is 5.56 Å². The first-order valence-corrected chi connectivity index (χ1v) is 10.3. The Morgan fingerprint density at radius 3 is 2.48 bits per heavy atom. The second kappa shape index (κ2) is 8.12. The summed E-state index contributed by atoms with van der Waals surface area (Å²) in [6, 6.07) is 23.2. The number of benzene rings is 3. The number of rotatable bonds is 6. The van der Waals surface area contributed by atoms with Crippen molar-refractivity contribution >= 4 is 11.0 Å². The van der Waals surface area contributed by atoms with Crippen molar-refractivity contribution in [3.63, 3.8) is 0 Å². The van der Waals surface area contributed by atoms with Crippen LogP contribution in [0.2, 0.25) is 0 Å². The molecule has 3 nitrogen and oxygen atoms in total. The zero-order chi connectivity index (χ0) is 20.4. The van der Waals surface area contributed by atoms with Crippen molar-refractivity contribution in [3.8, 4) is 17.1 Å². The summed E-state index contributed by atoms with van der Waals surface area (Å²) in [6.45, 7) is 10.0. The Hall–Kier alpha value is -3.07. The summed E-state index contributed by atoms with van der Waals surface area (Å²) >= 11 is 0. The molecule has 0 amide bonds. The maximum Gasteiger partial charge on any atom is 0.141 e. The highest BCUT2D eigenvalue weighted by Gasteiger charge is 2.14. The Morgan fingerprint density at radius 1 is 0.931 bits per heavy atom. The highest BCUT2D eigenvalue weighted by Crippen LogP contribution is 2.29. The number of nitrogens with zero attached hydrogens (tertiary/aromatic N) is 2. The third kappa shape index (κ3) is 3.91. The predicted molar refractivity (Wildman–Crippen MR) is 121 cm³/mol. The molecule has 0 aliphatic rings. The minimum atomic E-state index is 0.433. The monoisotopic (exact) mass is 384 g/mol. The fraction of sp³-hybridized carbons (Fsp3) is 0.269. The van der Waals surface area contributed by atoms with Crippen LogP contribution in [0.5, 0.6) is 5.75 Å². The van der Waals surface area contributed by atoms with Gasteiger partial charge in [-0.3, -0.25) is 0 Å². The summed E-state index contributed by atoms with van der Waals surface area (Å²) in [4.78, 5) is 4.94. The number of aromatic nitrogens is 2. The fourth-order valence-corrected chi connectivity index (χ4v) is 3.82. The first-order valence-electron chi connectivity index (χ1n) is 10.3. The van der Waals surface area contributed by atoms with Gasteiger partial charge in [0.1, 0.15) is 18.2 Å². The molecule has 0 aliphatic heterocycles. The maximum atomic E-state index is 6.27. The van der Waals surface area contributed by atoms with Gasteiger partial charge in [-0.25, -0.2) is 4.98 Å². The van der Waals surface area contributed by atoms with E-state index in [1.54, 1.807) is 0 Å². The van der Waals surface area contributed by atoms with Gasteiger partial charge in [-0.1, -0.05) is 62.4 Å². The lowest BCUT2D eigenvalue weighted by Crippen LogP contribution is -2.11. The molecule has 29 heavy (non-hydrogen) atoms. The summed E-state index contributed by atoms with van der Waals surface area (Å²) in [5.74, 6) is 2.42. The van der Waals surface area contributed by atoms with Gasteiger partial charge in [-0.05, 0) is 54.7 Å². The van der Waals surface area contributed by atoms with Crippen LogP contribution in [0.3, 0.4) is 0 Å². The van der Waals surface area contributed by atoms with Crippen LogP contribution in [0.1, 0.15) is 36.5 Å². The normalized spacial score (nSPS) is 11.3. The molecule has 0 spiro atoms. The molecule has 0 unspecified atom stereocenters. The second-order valence-corrected chi connectivity index (χ2v) is 7.94. The van der Waals surface area contributed by atoms with Gasteiger partial charge in [0.15, 0.2) is 0 Å². The van der Waals surface area contributed by atoms with Gasteiger partial charge in [-0.2, -0.15) is 0 Å². The van der Waals surface area contributed by atoms with Crippen LogP contribution in [-0.4, -0.2) is 16.2 Å². The lowest BCUT2D eigenvalue weighted by Gasteiger charge is -2.16. The summed E-state index contributed by atoms with van der Waals surface area (Å²) in [5.41, 5.74) is 7.03. The summed E-state index contributed by atoms with van der Waals surface area (Å²) in [7, 11) is 0. The van der Waals surface area contributed by atoms with Crippen LogP contribution in [0.25, 0.3) is 22.4 Å². The molecular weight excluding hydrogens is 356 g/mol. The standard InChI is InChI=1S/C26H28N2O/c1-18(2)21-14-13-19(3)17-25(21)29-16-15-28-24-12-8-7-11-23(24)27-26(28)22-10-6-5-9-20(22)4/h5-14,17-18H,15-16H2,1-4H3. The van der Waals surface area contributed by atoms with Crippen molar-refractivity contribution in [2.24, 2.45) is 0 Å². The van der Waals surface area contributed by atoms with Gasteiger partial charge in [0.05, 0.1) is 17.6 Å². The third-order valence-electron chi connectivity index (χ3n) is 5.40. The number of imidazole rings is 1. The van der Waals surface area contributed by atoms with Crippen LogP contribution in [0.4, 0.5) is 0 Å². The van der Waals surface area contributed by atoms with Gasteiger partial charge in [0.2, 0.25) is 0 Å². The number of aryl methyl sites for hydroxylation is 2. The molecular formula is C26H28N2O. The Kier molecular flexibility index (Phi) is 5.39. The minimum absolute atomic E-state index is 0.433. The van der Waals surface area contributed by atoms with E-state index in [1.807, 2.05) is 6.07 Å². The molecule has 0 radical (unpaired) electrons. The van der Waals surface area contributed by atoms with Crippen molar-refractivity contribution in [3.05, 3.63) is 83.4 Å². The molecule has 0 fully saturated rings. The first kappa shape index (κ1) is 19.3. The van der Waals surface area contributed by atoms with E-state index in [2.05, 4.69) is 92.9 Å². The summed E-state index contributed by atoms with van der Waals surface area (Å²) in [5, 5.41) is 0. The summed E-state index contributed by atoms with van der Waals surface area (Å²) in [6.07, 6.45) is 0. The van der Waals surface area contributed by atoms with Crippen LogP contribution < -0.4 is 4.74 Å². The Bertz CT molecular complexity index is 1140. The number of para-hydroxylation sites is 2. The van der Waals surface area contributed by atoms with Crippen LogP contribution in [0.15, 0.2) is 66.7 Å². The zero-order valence-corrected chi connectivity index (χ0v) is 17.6. The van der Waals surface area contributed by atoms with E-state index in [0.717, 1.165) is 29.2 Å². The van der Waals surface area contributed by atoms with Crippen LogP contribution >= 0.6 is 0 Å². The van der Waals surface area contributed by atoms with E-state index in [9.17, 15) is 0 Å². The molecule has 3 heteroatoms. The van der Waals surface area contributed by atoms with Gasteiger partial charge >= 0.3 is 0 Å². The molecule has 1 heterocycles. The number of fused-ring (bicyclic) bond motifs is 1. The van der Waals surface area contributed by atoms with Gasteiger partial charge in [-0.15, -0.1) is 0 Å². The quantitative estimate of drug-likeness (QED) is 0.378. The molecule has 1 aromatic heterocycles. The Labute approximate surface area is 173 Å². The van der Waals surface area contributed by atoms with Crippen molar-refractivity contribution in [1.29, 1.82) is 0 Å². The molecule has 3 aromatic carbocycles. The van der Waals surface area contributed by atoms with E-state index in [-0.39, 0.29) is 0 Å². The third-order valence-corrected chi connectivity index (χ3v) is 5.40. The fourth-order valence-electron chi connectivity index (χ4n) is 3.82. The Balaban J connectivity index is 1.66. The molecule has 0 atom stereocenters. The van der Waals surface area contributed by atoms with Gasteiger partial charge < -0.3 is 9.30 Å². The average Bonchev–Trinajstić information content (AvgIpc) is 3.07. The molecule has 4 aromatic rings. The molecule has 4 rings (SSSR count). The zero-order valence-electron chi connectivity index (χ0n) is 17.6. The maximum absolute atomic E-state index is 6.27. The van der Waals surface area contributed by atoms with Crippen LogP contribution in [-0.2, 0) is 6.54 Å². The van der Waals surface area contributed by atoms with E-state index >= 15 is 0 Å². The van der Waals surface area contributed by atoms with Crippen LogP contribution in [0, 0.1) is 13.8 Å². The highest BCUT2D eigenvalue weighted by molar-refractivity contribution is 5.81. The highest BCUT2D eigenvalue weighted by atomic mass is 16.5. The van der Waals surface area contributed by atoms with E-state index in [0.29, 0.717) is 12.5 Å². The van der Waals surface area contributed by atoms with Crippen molar-refractivity contribution in [2.45, 2.75) is 40.2 Å². The van der Waals surface area contributed by atoms with E-state index < -0.39 is 0 Å². The number of ether oxygens (including phenoxy) is 1. The number of hydrogen-bond acceptors (Lipinski definition) is 2. The molecule has 0 bridgehead atoms. The molecule has 148 valence electrons. The SMILES string of the molecule is Cc1ccc(C(C)C)c(OCCn2c(-c3ccccc3C)nc3ccccc32)c1. The van der Waals surface area contributed by atoms with E-state index in [4.69, 9.17) is 9.72 Å². The molecule has 0 saturated carbocycles. The van der Waals surface area contributed by atoms with Crippen molar-refractivity contribution < 1.29 is 4.74 Å². The smallest absolute Gasteiger partial charge is 0.141 e.